The summed E-state index contributed by atoms with van der Waals surface area (Å²) in [4.78, 5) is 11.9. The van der Waals surface area contributed by atoms with E-state index in [1.807, 2.05) is 24.3 Å². The zero-order valence-electron chi connectivity index (χ0n) is 12.4. The Bertz CT molecular complexity index is 675. The van der Waals surface area contributed by atoms with E-state index in [4.69, 9.17) is 28.6 Å². The molecule has 23 heavy (non-hydrogen) atoms. The predicted octanol–water partition coefficient (Wildman–Crippen LogP) is 2.91. The average molecular weight is 350 g/mol. The lowest BCUT2D eigenvalue weighted by Gasteiger charge is -2.11. The number of thiocarbonyl (C=S) groups is 1. The largest absolute Gasteiger partial charge is 0.497 e. The fourth-order valence-corrected chi connectivity index (χ4v) is 2.09. The van der Waals surface area contributed by atoms with Crippen molar-refractivity contribution < 1.29 is 9.53 Å². The Morgan fingerprint density at radius 1 is 1.09 bits per heavy atom. The third-order valence-electron chi connectivity index (χ3n) is 2.94. The Hall–Kier alpha value is -2.31. The van der Waals surface area contributed by atoms with Gasteiger partial charge in [0, 0.05) is 10.7 Å². The second-order valence-electron chi connectivity index (χ2n) is 4.66. The summed E-state index contributed by atoms with van der Waals surface area (Å²) in [5, 5.41) is 3.86. The van der Waals surface area contributed by atoms with E-state index in [0.29, 0.717) is 5.02 Å². The number of halogens is 1. The topological polar surface area (TPSA) is 62.4 Å². The number of hydrogen-bond donors (Lipinski definition) is 3. The summed E-state index contributed by atoms with van der Waals surface area (Å²) in [6.07, 6.45) is 0.237. The highest BCUT2D eigenvalue weighted by atomic mass is 35.5. The molecule has 0 saturated carbocycles. The molecule has 0 aromatic heterocycles. The summed E-state index contributed by atoms with van der Waals surface area (Å²) in [7, 11) is 1.60. The molecular formula is C16H16ClN3O2S. The van der Waals surface area contributed by atoms with E-state index in [2.05, 4.69) is 16.2 Å². The molecule has 0 spiro atoms. The van der Waals surface area contributed by atoms with Gasteiger partial charge in [0.1, 0.15) is 5.75 Å². The molecule has 0 aliphatic rings. The Morgan fingerprint density at radius 2 is 1.74 bits per heavy atom. The van der Waals surface area contributed by atoms with Crippen LogP contribution >= 0.6 is 23.8 Å². The molecule has 7 heteroatoms. The summed E-state index contributed by atoms with van der Waals surface area (Å²) >= 11 is 10.9. The first kappa shape index (κ1) is 17.1. The molecule has 0 bridgehead atoms. The van der Waals surface area contributed by atoms with Gasteiger partial charge in [0.25, 0.3) is 0 Å². The highest BCUT2D eigenvalue weighted by molar-refractivity contribution is 7.80. The van der Waals surface area contributed by atoms with Crippen molar-refractivity contribution in [1.82, 2.24) is 10.9 Å². The van der Waals surface area contributed by atoms with Crippen LogP contribution in [-0.2, 0) is 11.2 Å². The number of hydrazine groups is 1. The number of carbonyl (C=O) groups is 1. The number of methoxy groups -OCH3 is 1. The summed E-state index contributed by atoms with van der Waals surface area (Å²) in [6.45, 7) is 0. The summed E-state index contributed by atoms with van der Waals surface area (Å²) in [6, 6.07) is 14.4. The maximum atomic E-state index is 11.9. The van der Waals surface area contributed by atoms with Crippen LogP contribution in [0.4, 0.5) is 5.69 Å². The smallest absolute Gasteiger partial charge is 0.242 e. The van der Waals surface area contributed by atoms with E-state index in [1.54, 1.807) is 31.4 Å². The minimum absolute atomic E-state index is 0.199. The molecule has 3 N–H and O–H groups in total. The lowest BCUT2D eigenvalue weighted by molar-refractivity contribution is -0.120. The molecular weight excluding hydrogens is 334 g/mol. The van der Waals surface area contributed by atoms with Crippen molar-refractivity contribution in [2.45, 2.75) is 6.42 Å². The first-order valence-corrected chi connectivity index (χ1v) is 7.60. The van der Waals surface area contributed by atoms with Crippen LogP contribution < -0.4 is 20.9 Å². The molecule has 2 rings (SSSR count). The molecule has 0 atom stereocenters. The monoisotopic (exact) mass is 349 g/mol. The van der Waals surface area contributed by atoms with Crippen LogP contribution in [0, 0.1) is 0 Å². The molecule has 0 aliphatic heterocycles. The number of nitrogens with one attached hydrogen (secondary N) is 3. The van der Waals surface area contributed by atoms with Crippen molar-refractivity contribution in [1.29, 1.82) is 0 Å². The number of anilines is 1. The van der Waals surface area contributed by atoms with Gasteiger partial charge in [0.2, 0.25) is 5.91 Å². The van der Waals surface area contributed by atoms with Crippen LogP contribution in [-0.4, -0.2) is 18.1 Å². The zero-order valence-corrected chi connectivity index (χ0v) is 14.0. The van der Waals surface area contributed by atoms with Gasteiger partial charge < -0.3 is 10.1 Å². The van der Waals surface area contributed by atoms with Gasteiger partial charge in [-0.2, -0.15) is 0 Å². The summed E-state index contributed by atoms with van der Waals surface area (Å²) in [5.41, 5.74) is 6.84. The Morgan fingerprint density at radius 3 is 2.35 bits per heavy atom. The molecule has 0 saturated heterocycles. The highest BCUT2D eigenvalue weighted by Crippen LogP contribution is 2.13. The van der Waals surface area contributed by atoms with Gasteiger partial charge >= 0.3 is 0 Å². The summed E-state index contributed by atoms with van der Waals surface area (Å²) in [5.74, 6) is 0.552. The quantitative estimate of drug-likeness (QED) is 0.585. The molecule has 0 fully saturated rings. The zero-order chi connectivity index (χ0) is 16.7. The second-order valence-corrected chi connectivity index (χ2v) is 5.50. The van der Waals surface area contributed by atoms with E-state index >= 15 is 0 Å². The van der Waals surface area contributed by atoms with Crippen LogP contribution in [0.5, 0.6) is 5.75 Å². The lowest BCUT2D eigenvalue weighted by atomic mass is 10.1. The third-order valence-corrected chi connectivity index (χ3v) is 3.40. The van der Waals surface area contributed by atoms with Crippen molar-refractivity contribution in [2.75, 3.05) is 12.4 Å². The van der Waals surface area contributed by atoms with Crippen molar-refractivity contribution in [3.63, 3.8) is 0 Å². The summed E-state index contributed by atoms with van der Waals surface area (Å²) < 4.78 is 5.07. The van der Waals surface area contributed by atoms with E-state index in [0.717, 1.165) is 17.0 Å². The molecule has 0 heterocycles. The Kier molecular flexibility index (Phi) is 6.19. The van der Waals surface area contributed by atoms with Gasteiger partial charge in [0.15, 0.2) is 5.11 Å². The minimum atomic E-state index is -0.199. The number of benzene rings is 2. The fraction of sp³-hybridized carbons (Fsp3) is 0.125. The number of carbonyl (C=O) groups excluding carboxylic acids is 1. The minimum Gasteiger partial charge on any atom is -0.497 e. The molecule has 0 aliphatic carbocycles. The van der Waals surface area contributed by atoms with Crippen LogP contribution in [0.1, 0.15) is 5.56 Å². The molecule has 0 radical (unpaired) electrons. The van der Waals surface area contributed by atoms with Crippen molar-refractivity contribution in [2.24, 2.45) is 0 Å². The van der Waals surface area contributed by atoms with Crippen LogP contribution in [0.2, 0.25) is 5.02 Å². The van der Waals surface area contributed by atoms with E-state index in [-0.39, 0.29) is 17.4 Å². The number of amides is 1. The first-order chi connectivity index (χ1) is 11.1. The van der Waals surface area contributed by atoms with Crippen LogP contribution in [0.3, 0.4) is 0 Å². The number of ether oxygens (including phenoxy) is 1. The molecule has 2 aromatic rings. The van der Waals surface area contributed by atoms with Gasteiger partial charge in [-0.15, -0.1) is 0 Å². The fourth-order valence-electron chi connectivity index (χ4n) is 1.80. The van der Waals surface area contributed by atoms with Gasteiger partial charge in [-0.3, -0.25) is 15.6 Å². The molecule has 1 amide bonds. The van der Waals surface area contributed by atoms with E-state index in [1.165, 1.54) is 0 Å². The van der Waals surface area contributed by atoms with Crippen molar-refractivity contribution >= 4 is 40.5 Å². The van der Waals surface area contributed by atoms with Crippen LogP contribution in [0.15, 0.2) is 48.5 Å². The molecule has 120 valence electrons. The molecule has 2 aromatic carbocycles. The van der Waals surface area contributed by atoms with Crippen molar-refractivity contribution in [3.05, 3.63) is 59.1 Å². The van der Waals surface area contributed by atoms with E-state index in [9.17, 15) is 4.79 Å². The van der Waals surface area contributed by atoms with Crippen LogP contribution in [0.25, 0.3) is 0 Å². The maximum absolute atomic E-state index is 11.9. The Balaban J connectivity index is 1.76. The van der Waals surface area contributed by atoms with Gasteiger partial charge in [-0.25, -0.2) is 0 Å². The number of rotatable bonds is 4. The van der Waals surface area contributed by atoms with Crippen molar-refractivity contribution in [3.8, 4) is 5.75 Å². The maximum Gasteiger partial charge on any atom is 0.242 e. The van der Waals surface area contributed by atoms with Gasteiger partial charge in [-0.1, -0.05) is 23.7 Å². The van der Waals surface area contributed by atoms with Gasteiger partial charge in [0.05, 0.1) is 13.5 Å². The first-order valence-electron chi connectivity index (χ1n) is 6.81. The van der Waals surface area contributed by atoms with Gasteiger partial charge in [-0.05, 0) is 54.2 Å². The third kappa shape index (κ3) is 5.77. The normalized spacial score (nSPS) is 9.83. The standard InChI is InChI=1S/C16H16ClN3O2S/c1-22-14-8-2-11(3-9-14)10-15(21)19-20-16(23)18-13-6-4-12(17)5-7-13/h2-9H,10H2,1H3,(H,19,21)(H2,18,20,23). The number of hydrogen-bond acceptors (Lipinski definition) is 3. The predicted molar refractivity (Wildman–Crippen MR) is 95.6 cm³/mol. The highest BCUT2D eigenvalue weighted by Gasteiger charge is 2.04. The SMILES string of the molecule is COc1ccc(CC(=O)NNC(=S)Nc2ccc(Cl)cc2)cc1. The molecule has 0 unspecified atom stereocenters. The average Bonchev–Trinajstić information content (AvgIpc) is 2.56. The second kappa shape index (κ2) is 8.36. The molecule has 5 nitrogen and oxygen atoms in total. The lowest BCUT2D eigenvalue weighted by Crippen LogP contribution is -2.44. The Labute approximate surface area is 145 Å². The van der Waals surface area contributed by atoms with E-state index < -0.39 is 0 Å².